The zero-order valence-electron chi connectivity index (χ0n) is 10.2. The Morgan fingerprint density at radius 3 is 3.12 bits per heavy atom. The number of ether oxygens (including phenoxy) is 1. The third-order valence-corrected chi connectivity index (χ3v) is 3.11. The van der Waals surface area contributed by atoms with Gasteiger partial charge in [0.15, 0.2) is 12.1 Å². The van der Waals surface area contributed by atoms with Crippen LogP contribution in [0.15, 0.2) is 17.1 Å². The summed E-state index contributed by atoms with van der Waals surface area (Å²) in [5.74, 6) is 0.686. The zero-order valence-corrected chi connectivity index (χ0v) is 10.2. The average Bonchev–Trinajstić information content (AvgIpc) is 2.96. The Labute approximate surface area is 101 Å². The lowest BCUT2D eigenvalue weighted by Crippen LogP contribution is -2.35. The van der Waals surface area contributed by atoms with Crippen LogP contribution in [0.4, 0.5) is 0 Å². The van der Waals surface area contributed by atoms with E-state index in [9.17, 15) is 4.79 Å². The molecule has 1 aliphatic heterocycles. The van der Waals surface area contributed by atoms with E-state index in [-0.39, 0.29) is 12.0 Å². The molecule has 2 atom stereocenters. The minimum atomic E-state index is -0.187. The molecule has 1 saturated heterocycles. The maximum absolute atomic E-state index is 11.7. The number of rotatable bonds is 4. The van der Waals surface area contributed by atoms with E-state index in [1.54, 1.807) is 0 Å². The molecule has 0 spiro atoms. The van der Waals surface area contributed by atoms with Crippen LogP contribution in [0.1, 0.15) is 30.8 Å². The second-order valence-corrected chi connectivity index (χ2v) is 4.71. The van der Waals surface area contributed by atoms with E-state index in [4.69, 9.17) is 9.15 Å². The largest absolute Gasteiger partial charge is 0.451 e. The molecule has 1 fully saturated rings. The number of hydrogen-bond donors (Lipinski definition) is 1. The van der Waals surface area contributed by atoms with Gasteiger partial charge in [0.25, 0.3) is 5.91 Å². The molecule has 0 saturated carbocycles. The summed E-state index contributed by atoms with van der Waals surface area (Å²) in [5.41, 5.74) is 0.324. The van der Waals surface area contributed by atoms with Gasteiger partial charge in [0, 0.05) is 19.1 Å². The zero-order chi connectivity index (χ0) is 12.3. The van der Waals surface area contributed by atoms with Gasteiger partial charge in [-0.3, -0.25) is 4.79 Å². The Morgan fingerprint density at radius 1 is 1.65 bits per heavy atom. The summed E-state index contributed by atoms with van der Waals surface area (Å²) in [5, 5.41) is 2.87. The fourth-order valence-corrected chi connectivity index (χ4v) is 2.25. The Hall–Kier alpha value is -1.36. The van der Waals surface area contributed by atoms with Crippen molar-refractivity contribution in [3.05, 3.63) is 18.4 Å². The number of oxazole rings is 1. The molecule has 1 aromatic rings. The first-order valence-corrected chi connectivity index (χ1v) is 5.96. The highest BCUT2D eigenvalue weighted by atomic mass is 16.5. The summed E-state index contributed by atoms with van der Waals surface area (Å²) >= 11 is 0. The lowest BCUT2D eigenvalue weighted by molar-refractivity contribution is 0.0533. The average molecular weight is 238 g/mol. The standard InChI is InChI=1S/C12H18N2O3/c1-8(2)11-9(3-4-17-11)5-13-12(15)10-6-16-7-14-10/h6-9,11H,3-5H2,1-2H3,(H,13,15)/t9-,11-/m1/s1. The van der Waals surface area contributed by atoms with Crippen LogP contribution in [0.2, 0.25) is 0 Å². The van der Waals surface area contributed by atoms with Gasteiger partial charge in [0.1, 0.15) is 6.26 Å². The Kier molecular flexibility index (Phi) is 3.78. The predicted molar refractivity (Wildman–Crippen MR) is 61.5 cm³/mol. The van der Waals surface area contributed by atoms with Crippen LogP contribution < -0.4 is 5.32 Å². The first kappa shape index (κ1) is 12.1. The van der Waals surface area contributed by atoms with Gasteiger partial charge in [0.2, 0.25) is 0 Å². The highest BCUT2D eigenvalue weighted by molar-refractivity contribution is 5.91. The topological polar surface area (TPSA) is 64.4 Å². The molecule has 5 nitrogen and oxygen atoms in total. The molecule has 0 radical (unpaired) electrons. The molecule has 1 N–H and O–H groups in total. The summed E-state index contributed by atoms with van der Waals surface area (Å²) in [6.07, 6.45) is 3.85. The first-order chi connectivity index (χ1) is 8.18. The van der Waals surface area contributed by atoms with Crippen molar-refractivity contribution in [3.8, 4) is 0 Å². The molecule has 1 aliphatic rings. The molecule has 0 aliphatic carbocycles. The van der Waals surface area contributed by atoms with Gasteiger partial charge in [0.05, 0.1) is 6.10 Å². The Balaban J connectivity index is 1.84. The molecule has 94 valence electrons. The van der Waals surface area contributed by atoms with Gasteiger partial charge >= 0.3 is 0 Å². The molecule has 0 bridgehead atoms. The quantitative estimate of drug-likeness (QED) is 0.862. The minimum absolute atomic E-state index is 0.187. The number of carbonyl (C=O) groups is 1. The molecule has 0 aromatic carbocycles. The van der Waals surface area contributed by atoms with Crippen molar-refractivity contribution in [1.82, 2.24) is 10.3 Å². The van der Waals surface area contributed by atoms with Crippen LogP contribution in [-0.4, -0.2) is 30.1 Å². The maximum Gasteiger partial charge on any atom is 0.273 e. The first-order valence-electron chi connectivity index (χ1n) is 5.96. The van der Waals surface area contributed by atoms with Gasteiger partial charge in [-0.25, -0.2) is 4.98 Å². The second kappa shape index (κ2) is 5.31. The lowest BCUT2D eigenvalue weighted by Gasteiger charge is -2.21. The third kappa shape index (κ3) is 2.85. The second-order valence-electron chi connectivity index (χ2n) is 4.71. The summed E-state index contributed by atoms with van der Waals surface area (Å²) in [4.78, 5) is 15.5. The monoisotopic (exact) mass is 238 g/mol. The normalized spacial score (nSPS) is 24.2. The summed E-state index contributed by atoms with van der Waals surface area (Å²) in [7, 11) is 0. The van der Waals surface area contributed by atoms with Crippen molar-refractivity contribution in [2.45, 2.75) is 26.4 Å². The SMILES string of the molecule is CC(C)[C@H]1OCC[C@@H]1CNC(=O)c1cocn1. The third-order valence-electron chi connectivity index (χ3n) is 3.11. The van der Waals surface area contributed by atoms with E-state index in [1.807, 2.05) is 0 Å². The van der Waals surface area contributed by atoms with Gasteiger partial charge in [-0.05, 0) is 12.3 Å². The van der Waals surface area contributed by atoms with Gasteiger partial charge in [-0.15, -0.1) is 0 Å². The van der Waals surface area contributed by atoms with Crippen LogP contribution in [0.5, 0.6) is 0 Å². The summed E-state index contributed by atoms with van der Waals surface area (Å²) in [6.45, 7) is 5.70. The fourth-order valence-electron chi connectivity index (χ4n) is 2.25. The van der Waals surface area contributed by atoms with Crippen molar-refractivity contribution in [2.75, 3.05) is 13.2 Å². The van der Waals surface area contributed by atoms with Crippen molar-refractivity contribution in [1.29, 1.82) is 0 Å². The molecule has 2 rings (SSSR count). The number of amides is 1. The summed E-state index contributed by atoms with van der Waals surface area (Å²) < 4.78 is 10.4. The molecular formula is C12H18N2O3. The highest BCUT2D eigenvalue weighted by Crippen LogP contribution is 2.26. The fraction of sp³-hybridized carbons (Fsp3) is 0.667. The maximum atomic E-state index is 11.7. The molecule has 0 unspecified atom stereocenters. The van der Waals surface area contributed by atoms with E-state index in [0.717, 1.165) is 13.0 Å². The smallest absolute Gasteiger partial charge is 0.273 e. The molecular weight excluding hydrogens is 220 g/mol. The van der Waals surface area contributed by atoms with Crippen LogP contribution in [0.3, 0.4) is 0 Å². The number of aromatic nitrogens is 1. The van der Waals surface area contributed by atoms with E-state index >= 15 is 0 Å². The van der Waals surface area contributed by atoms with E-state index < -0.39 is 0 Å². The lowest BCUT2D eigenvalue weighted by atomic mass is 9.93. The molecule has 17 heavy (non-hydrogen) atoms. The number of nitrogens with one attached hydrogen (secondary N) is 1. The van der Waals surface area contributed by atoms with Crippen LogP contribution >= 0.6 is 0 Å². The molecule has 1 amide bonds. The van der Waals surface area contributed by atoms with Crippen molar-refractivity contribution >= 4 is 5.91 Å². The minimum Gasteiger partial charge on any atom is -0.451 e. The molecule has 5 heteroatoms. The number of nitrogens with zero attached hydrogens (tertiary/aromatic N) is 1. The van der Waals surface area contributed by atoms with Crippen molar-refractivity contribution in [2.24, 2.45) is 11.8 Å². The van der Waals surface area contributed by atoms with Crippen LogP contribution in [0, 0.1) is 11.8 Å². The van der Waals surface area contributed by atoms with E-state index in [1.165, 1.54) is 12.7 Å². The number of hydrogen-bond acceptors (Lipinski definition) is 4. The highest BCUT2D eigenvalue weighted by Gasteiger charge is 2.30. The van der Waals surface area contributed by atoms with E-state index in [2.05, 4.69) is 24.1 Å². The van der Waals surface area contributed by atoms with Crippen LogP contribution in [-0.2, 0) is 4.74 Å². The van der Waals surface area contributed by atoms with Crippen molar-refractivity contribution in [3.63, 3.8) is 0 Å². The predicted octanol–water partition coefficient (Wildman–Crippen LogP) is 1.47. The van der Waals surface area contributed by atoms with Crippen LogP contribution in [0.25, 0.3) is 0 Å². The Bertz CT molecular complexity index is 362. The van der Waals surface area contributed by atoms with Gasteiger partial charge in [-0.1, -0.05) is 13.8 Å². The van der Waals surface area contributed by atoms with Crippen molar-refractivity contribution < 1.29 is 13.9 Å². The van der Waals surface area contributed by atoms with Gasteiger partial charge in [-0.2, -0.15) is 0 Å². The van der Waals surface area contributed by atoms with E-state index in [0.29, 0.717) is 24.1 Å². The van der Waals surface area contributed by atoms with Gasteiger partial charge < -0.3 is 14.5 Å². The Morgan fingerprint density at radius 2 is 2.47 bits per heavy atom. The number of carbonyl (C=O) groups excluding carboxylic acids is 1. The summed E-state index contributed by atoms with van der Waals surface area (Å²) in [6, 6.07) is 0. The molecule has 2 heterocycles. The molecule has 1 aromatic heterocycles.